The van der Waals surface area contributed by atoms with Gasteiger partial charge >= 0.3 is 0 Å². The second-order valence-corrected chi connectivity index (χ2v) is 7.10. The maximum absolute atomic E-state index is 13.4. The molecule has 4 rings (SSSR count). The summed E-state index contributed by atoms with van der Waals surface area (Å²) in [6.45, 7) is 1.16. The second kappa shape index (κ2) is 6.49. The minimum atomic E-state index is -0.499. The van der Waals surface area contributed by atoms with Crippen molar-refractivity contribution < 1.29 is 9.50 Å². The first-order chi connectivity index (χ1) is 12.5. The zero-order chi connectivity index (χ0) is 18.4. The van der Waals surface area contributed by atoms with Crippen LogP contribution in [0.1, 0.15) is 12.8 Å². The lowest BCUT2D eigenvalue weighted by atomic mass is 10.00. The Morgan fingerprint density at radius 1 is 0.923 bits per heavy atom. The molecule has 1 N–H and O–H groups in total. The highest BCUT2D eigenvalue weighted by molar-refractivity contribution is 6.33. The van der Waals surface area contributed by atoms with E-state index >= 15 is 0 Å². The third kappa shape index (κ3) is 2.72. The lowest BCUT2D eigenvalue weighted by Gasteiger charge is -2.16. The predicted octanol–water partition coefficient (Wildman–Crippen LogP) is 4.93. The van der Waals surface area contributed by atoms with Crippen molar-refractivity contribution in [1.82, 2.24) is 9.36 Å². The molecule has 0 bridgehead atoms. The fourth-order valence-corrected chi connectivity index (χ4v) is 3.75. The van der Waals surface area contributed by atoms with Crippen molar-refractivity contribution in [3.63, 3.8) is 0 Å². The van der Waals surface area contributed by atoms with E-state index in [2.05, 4.69) is 0 Å². The first-order valence-electron chi connectivity index (χ1n) is 8.25. The Balaban J connectivity index is 1.89. The zero-order valence-corrected chi connectivity index (χ0v) is 15.2. The quantitative estimate of drug-likeness (QED) is 0.671. The van der Waals surface area contributed by atoms with Gasteiger partial charge in [0.05, 0.1) is 5.02 Å². The molecule has 0 amide bonds. The number of hydrogen-bond donors (Lipinski definition) is 1. The molecule has 0 radical (unpaired) electrons. The number of rotatable bonds is 2. The fourth-order valence-electron chi connectivity index (χ4n) is 3.36. The number of halogens is 3. The van der Waals surface area contributed by atoms with Gasteiger partial charge in [-0.15, -0.1) is 0 Å². The van der Waals surface area contributed by atoms with Crippen molar-refractivity contribution >= 4 is 23.2 Å². The summed E-state index contributed by atoms with van der Waals surface area (Å²) >= 11 is 12.2. The summed E-state index contributed by atoms with van der Waals surface area (Å²) in [7, 11) is 0. The van der Waals surface area contributed by atoms with Crippen molar-refractivity contribution in [3.8, 4) is 28.1 Å². The van der Waals surface area contributed by atoms with Gasteiger partial charge in [-0.25, -0.2) is 9.07 Å². The molecule has 0 saturated heterocycles. The highest BCUT2D eigenvalue weighted by atomic mass is 35.5. The lowest BCUT2D eigenvalue weighted by Crippen LogP contribution is -2.27. The Morgan fingerprint density at radius 3 is 2.27 bits per heavy atom. The molecule has 0 spiro atoms. The lowest BCUT2D eigenvalue weighted by molar-refractivity contribution is 0.305. The molecule has 0 atom stereocenters. The van der Waals surface area contributed by atoms with Gasteiger partial charge in [0.1, 0.15) is 11.4 Å². The Hall–Kier alpha value is -2.24. The van der Waals surface area contributed by atoms with Gasteiger partial charge in [-0.1, -0.05) is 35.3 Å². The summed E-state index contributed by atoms with van der Waals surface area (Å²) < 4.78 is 16.6. The topological polar surface area (TPSA) is 47.2 Å². The van der Waals surface area contributed by atoms with Crippen LogP contribution in [0.4, 0.5) is 4.39 Å². The normalized spacial score (nSPS) is 13.7. The van der Waals surface area contributed by atoms with Crippen molar-refractivity contribution in [3.05, 3.63) is 62.6 Å². The summed E-state index contributed by atoms with van der Waals surface area (Å²) in [4.78, 5) is 12.8. The molecule has 2 heterocycles. The molecule has 1 aliphatic rings. The molecule has 4 nitrogen and oxygen atoms in total. The minimum Gasteiger partial charge on any atom is -0.493 e. The first kappa shape index (κ1) is 17.2. The number of fused-ring (bicyclic) bond motifs is 1. The number of hydrogen-bond acceptors (Lipinski definition) is 2. The summed E-state index contributed by atoms with van der Waals surface area (Å²) in [6.07, 6.45) is 1.80. The van der Waals surface area contributed by atoms with Gasteiger partial charge in [-0.2, -0.15) is 0 Å². The smallest absolute Gasteiger partial charge is 0.278 e. The monoisotopic (exact) mass is 392 g/mol. The van der Waals surface area contributed by atoms with Crippen LogP contribution in [0.3, 0.4) is 0 Å². The predicted molar refractivity (Wildman–Crippen MR) is 100 cm³/mol. The molecule has 0 saturated carbocycles. The number of aromatic hydroxyl groups is 1. The van der Waals surface area contributed by atoms with Gasteiger partial charge in [0.25, 0.3) is 5.56 Å². The van der Waals surface area contributed by atoms with Crippen molar-refractivity contribution in [2.45, 2.75) is 25.9 Å². The van der Waals surface area contributed by atoms with Gasteiger partial charge in [0.2, 0.25) is 5.88 Å². The van der Waals surface area contributed by atoms with Crippen molar-refractivity contribution in [2.24, 2.45) is 0 Å². The van der Waals surface area contributed by atoms with Gasteiger partial charge < -0.3 is 5.11 Å². The third-order valence-electron chi connectivity index (χ3n) is 4.69. The second-order valence-electron chi connectivity index (χ2n) is 6.28. The SMILES string of the molecule is O=c1c(-c2cc(-c3ccc(F)c(Cl)c3)ccc2Cl)c(O)n2n1CCCC2. The molecule has 1 aromatic heterocycles. The molecule has 134 valence electrons. The van der Waals surface area contributed by atoms with Crippen LogP contribution >= 0.6 is 23.2 Å². The molecule has 1 aliphatic heterocycles. The summed E-state index contributed by atoms with van der Waals surface area (Å²) in [5, 5.41) is 11.0. The molecular formula is C19H15Cl2FN2O2. The van der Waals surface area contributed by atoms with Gasteiger partial charge in [0.15, 0.2) is 0 Å². The fraction of sp³-hybridized carbons (Fsp3) is 0.211. The summed E-state index contributed by atoms with van der Waals surface area (Å²) in [5.74, 6) is -0.577. The Bertz CT molecular complexity index is 1070. The Kier molecular flexibility index (Phi) is 4.29. The molecule has 7 heteroatoms. The van der Waals surface area contributed by atoms with Crippen LogP contribution in [0.15, 0.2) is 41.2 Å². The zero-order valence-electron chi connectivity index (χ0n) is 13.7. The van der Waals surface area contributed by atoms with Gasteiger partial charge in [-0.3, -0.25) is 9.48 Å². The van der Waals surface area contributed by atoms with Crippen LogP contribution < -0.4 is 5.56 Å². The molecule has 0 fully saturated rings. The van der Waals surface area contributed by atoms with Crippen LogP contribution in [-0.4, -0.2) is 14.5 Å². The van der Waals surface area contributed by atoms with E-state index in [4.69, 9.17) is 23.2 Å². The molecule has 26 heavy (non-hydrogen) atoms. The van der Waals surface area contributed by atoms with Crippen molar-refractivity contribution in [2.75, 3.05) is 0 Å². The van der Waals surface area contributed by atoms with E-state index in [1.54, 1.807) is 33.6 Å². The van der Waals surface area contributed by atoms with Crippen LogP contribution in [0.25, 0.3) is 22.3 Å². The molecule has 2 aromatic carbocycles. The van der Waals surface area contributed by atoms with E-state index < -0.39 is 5.82 Å². The van der Waals surface area contributed by atoms with E-state index in [1.165, 1.54) is 12.1 Å². The third-order valence-corrected chi connectivity index (χ3v) is 5.31. The van der Waals surface area contributed by atoms with Crippen molar-refractivity contribution in [1.29, 1.82) is 0 Å². The van der Waals surface area contributed by atoms with E-state index in [0.29, 0.717) is 29.2 Å². The highest BCUT2D eigenvalue weighted by Gasteiger charge is 2.24. The summed E-state index contributed by atoms with van der Waals surface area (Å²) in [5.41, 5.74) is 1.78. The Morgan fingerprint density at radius 2 is 1.58 bits per heavy atom. The van der Waals surface area contributed by atoms with Crippen LogP contribution in [0, 0.1) is 5.82 Å². The minimum absolute atomic E-state index is 0.0150. The average Bonchev–Trinajstić information content (AvgIpc) is 2.89. The maximum atomic E-state index is 13.4. The molecule has 0 aliphatic carbocycles. The van der Waals surface area contributed by atoms with Gasteiger partial charge in [0, 0.05) is 23.7 Å². The van der Waals surface area contributed by atoms with E-state index in [9.17, 15) is 14.3 Å². The summed E-state index contributed by atoms with van der Waals surface area (Å²) in [6, 6.07) is 9.54. The van der Waals surface area contributed by atoms with Gasteiger partial charge in [-0.05, 0) is 48.2 Å². The average molecular weight is 393 g/mol. The Labute approximate surface area is 159 Å². The standard InChI is InChI=1S/C19H15Cl2FN2O2/c20-14-5-3-11(12-4-6-16(22)15(21)10-12)9-13(14)17-18(25)23-7-1-2-8-24(23)19(17)26/h3-6,9-10,25H,1-2,7-8H2. The first-order valence-corrected chi connectivity index (χ1v) is 9.01. The number of benzene rings is 2. The largest absolute Gasteiger partial charge is 0.493 e. The van der Waals surface area contributed by atoms with Crippen LogP contribution in [0.2, 0.25) is 10.0 Å². The van der Waals surface area contributed by atoms with Crippen LogP contribution in [-0.2, 0) is 13.1 Å². The number of aromatic nitrogens is 2. The number of nitrogens with zero attached hydrogens (tertiary/aromatic N) is 2. The molecule has 0 unspecified atom stereocenters. The molecular weight excluding hydrogens is 378 g/mol. The van der Waals surface area contributed by atoms with Crippen LogP contribution in [0.5, 0.6) is 5.88 Å². The maximum Gasteiger partial charge on any atom is 0.278 e. The highest BCUT2D eigenvalue weighted by Crippen LogP contribution is 2.36. The molecule has 3 aromatic rings. The van der Waals surface area contributed by atoms with E-state index in [0.717, 1.165) is 18.4 Å². The van der Waals surface area contributed by atoms with E-state index in [1.807, 2.05) is 0 Å². The van der Waals surface area contributed by atoms with E-state index in [-0.39, 0.29) is 22.0 Å².